The lowest BCUT2D eigenvalue weighted by Crippen LogP contribution is -2.28. The van der Waals surface area contributed by atoms with Gasteiger partial charge in [-0.15, -0.1) is 0 Å². The number of carbonyl (C=O) groups excluding carboxylic acids is 1. The van der Waals surface area contributed by atoms with Crippen molar-refractivity contribution in [1.82, 2.24) is 20.1 Å². The van der Waals surface area contributed by atoms with Crippen LogP contribution in [0.3, 0.4) is 0 Å². The van der Waals surface area contributed by atoms with Crippen molar-refractivity contribution in [3.05, 3.63) is 71.2 Å². The molecule has 0 radical (unpaired) electrons. The molecule has 1 aromatic carbocycles. The lowest BCUT2D eigenvalue weighted by Gasteiger charge is -2.17. The van der Waals surface area contributed by atoms with Crippen LogP contribution in [0.5, 0.6) is 5.88 Å². The summed E-state index contributed by atoms with van der Waals surface area (Å²) in [5.41, 5.74) is 4.82. The summed E-state index contributed by atoms with van der Waals surface area (Å²) < 4.78 is 7.38. The van der Waals surface area contributed by atoms with E-state index in [0.717, 1.165) is 48.2 Å². The lowest BCUT2D eigenvalue weighted by molar-refractivity contribution is 0.0934. The second kappa shape index (κ2) is 8.47. The summed E-state index contributed by atoms with van der Waals surface area (Å²) in [6.07, 6.45) is 7.73. The molecule has 3 aromatic rings. The Morgan fingerprint density at radius 2 is 2.17 bits per heavy atom. The first-order valence-electron chi connectivity index (χ1n) is 10.2. The van der Waals surface area contributed by atoms with Gasteiger partial charge in [-0.05, 0) is 51.3 Å². The zero-order valence-corrected chi connectivity index (χ0v) is 16.9. The number of nitrogens with one attached hydrogen (secondary N) is 1. The van der Waals surface area contributed by atoms with Gasteiger partial charge in [0.2, 0.25) is 5.88 Å². The molecule has 1 aliphatic carbocycles. The van der Waals surface area contributed by atoms with E-state index in [1.807, 2.05) is 61.1 Å². The highest BCUT2D eigenvalue weighted by molar-refractivity contribution is 5.94. The summed E-state index contributed by atoms with van der Waals surface area (Å²) in [4.78, 5) is 17.0. The van der Waals surface area contributed by atoms with E-state index < -0.39 is 0 Å². The van der Waals surface area contributed by atoms with Crippen LogP contribution in [-0.2, 0) is 6.42 Å². The molecule has 0 saturated carbocycles. The Hall–Kier alpha value is -3.15. The van der Waals surface area contributed by atoms with Crippen LogP contribution in [-0.4, -0.2) is 27.3 Å². The van der Waals surface area contributed by atoms with Gasteiger partial charge in [0.1, 0.15) is 0 Å². The van der Waals surface area contributed by atoms with E-state index in [2.05, 4.69) is 10.3 Å². The fourth-order valence-electron chi connectivity index (χ4n) is 3.78. The standard InChI is InChI=1S/C23H26N4O2/c1-3-29-22-14-18(11-12-24-22)27-15-19-20(9-4-5-10-21(19)26-27)25-23(28)17-8-6-7-16(2)13-17/h6-8,11-15,20H,3-5,9-10H2,1-2H3,(H,25,28)/t20-/m0/s1. The number of carbonyl (C=O) groups is 1. The van der Waals surface area contributed by atoms with Crippen molar-refractivity contribution in [3.8, 4) is 11.6 Å². The SMILES string of the molecule is CCOc1cc(-n2cc3c(n2)CCCC[C@@H]3NC(=O)c2cccc(C)c2)ccn1. The summed E-state index contributed by atoms with van der Waals surface area (Å²) >= 11 is 0. The molecule has 1 amide bonds. The predicted molar refractivity (Wildman–Crippen MR) is 111 cm³/mol. The average molecular weight is 390 g/mol. The maximum Gasteiger partial charge on any atom is 0.251 e. The van der Waals surface area contributed by atoms with Gasteiger partial charge in [-0.25, -0.2) is 9.67 Å². The fraction of sp³-hybridized carbons (Fsp3) is 0.348. The molecule has 1 N–H and O–H groups in total. The Labute approximate surface area is 170 Å². The molecule has 1 aliphatic rings. The van der Waals surface area contributed by atoms with Gasteiger partial charge in [0.25, 0.3) is 5.91 Å². The van der Waals surface area contributed by atoms with Crippen LogP contribution in [0.25, 0.3) is 5.69 Å². The molecule has 0 saturated heterocycles. The van der Waals surface area contributed by atoms with Gasteiger partial charge in [0.15, 0.2) is 0 Å². The molecule has 29 heavy (non-hydrogen) atoms. The molecule has 150 valence electrons. The Morgan fingerprint density at radius 1 is 1.28 bits per heavy atom. The molecular weight excluding hydrogens is 364 g/mol. The Bertz CT molecular complexity index is 1010. The number of rotatable bonds is 5. The highest BCUT2D eigenvalue weighted by Gasteiger charge is 2.24. The third-order valence-electron chi connectivity index (χ3n) is 5.22. The highest BCUT2D eigenvalue weighted by atomic mass is 16.5. The van der Waals surface area contributed by atoms with Crippen molar-refractivity contribution >= 4 is 5.91 Å². The van der Waals surface area contributed by atoms with Gasteiger partial charge in [0, 0.05) is 29.6 Å². The molecule has 0 aliphatic heterocycles. The van der Waals surface area contributed by atoms with Crippen LogP contribution in [0.1, 0.15) is 59.4 Å². The Balaban J connectivity index is 1.61. The monoisotopic (exact) mass is 390 g/mol. The maximum atomic E-state index is 12.8. The van der Waals surface area contributed by atoms with Crippen LogP contribution >= 0.6 is 0 Å². The minimum Gasteiger partial charge on any atom is -0.478 e. The van der Waals surface area contributed by atoms with Crippen molar-refractivity contribution in [3.63, 3.8) is 0 Å². The minimum absolute atomic E-state index is 0.0394. The number of pyridine rings is 1. The zero-order chi connectivity index (χ0) is 20.2. The number of nitrogens with zero attached hydrogens (tertiary/aromatic N) is 3. The van der Waals surface area contributed by atoms with E-state index in [4.69, 9.17) is 9.84 Å². The molecule has 1 atom stereocenters. The number of hydrogen-bond donors (Lipinski definition) is 1. The number of benzene rings is 1. The Morgan fingerprint density at radius 3 is 3.00 bits per heavy atom. The van der Waals surface area contributed by atoms with E-state index >= 15 is 0 Å². The van der Waals surface area contributed by atoms with Crippen LogP contribution in [0.4, 0.5) is 0 Å². The number of amides is 1. The summed E-state index contributed by atoms with van der Waals surface area (Å²) in [6, 6.07) is 11.4. The number of hydrogen-bond acceptors (Lipinski definition) is 4. The number of ether oxygens (including phenoxy) is 1. The first kappa shape index (κ1) is 19.2. The van der Waals surface area contributed by atoms with Crippen molar-refractivity contribution < 1.29 is 9.53 Å². The van der Waals surface area contributed by atoms with Crippen molar-refractivity contribution in [2.75, 3.05) is 6.61 Å². The van der Waals surface area contributed by atoms with Gasteiger partial charge < -0.3 is 10.1 Å². The van der Waals surface area contributed by atoms with Crippen LogP contribution in [0, 0.1) is 6.92 Å². The normalized spacial score (nSPS) is 16.0. The quantitative estimate of drug-likeness (QED) is 0.664. The maximum absolute atomic E-state index is 12.8. The van der Waals surface area contributed by atoms with Crippen LogP contribution in [0.2, 0.25) is 0 Å². The van der Waals surface area contributed by atoms with Gasteiger partial charge >= 0.3 is 0 Å². The number of fused-ring (bicyclic) bond motifs is 1. The fourth-order valence-corrected chi connectivity index (χ4v) is 3.78. The lowest BCUT2D eigenvalue weighted by atomic mass is 10.0. The van der Waals surface area contributed by atoms with Crippen LogP contribution in [0.15, 0.2) is 48.8 Å². The van der Waals surface area contributed by atoms with Crippen molar-refractivity contribution in [2.45, 2.75) is 45.6 Å². The molecule has 0 bridgehead atoms. The molecule has 0 fully saturated rings. The van der Waals surface area contributed by atoms with Crippen LogP contribution < -0.4 is 10.1 Å². The number of aromatic nitrogens is 3. The summed E-state index contributed by atoms with van der Waals surface area (Å²) in [7, 11) is 0. The molecule has 0 spiro atoms. The van der Waals surface area contributed by atoms with E-state index in [0.29, 0.717) is 18.1 Å². The average Bonchev–Trinajstić information content (AvgIpc) is 3.06. The second-order valence-corrected chi connectivity index (χ2v) is 7.40. The largest absolute Gasteiger partial charge is 0.478 e. The first-order valence-corrected chi connectivity index (χ1v) is 10.2. The number of aryl methyl sites for hydroxylation is 2. The van der Waals surface area contributed by atoms with Crippen molar-refractivity contribution in [2.24, 2.45) is 0 Å². The molecule has 4 rings (SSSR count). The smallest absolute Gasteiger partial charge is 0.251 e. The van der Waals surface area contributed by atoms with Crippen molar-refractivity contribution in [1.29, 1.82) is 0 Å². The summed E-state index contributed by atoms with van der Waals surface area (Å²) in [5, 5.41) is 8.03. The molecule has 0 unspecified atom stereocenters. The van der Waals surface area contributed by atoms with Gasteiger partial charge in [-0.3, -0.25) is 4.79 Å². The molecule has 6 heteroatoms. The van der Waals surface area contributed by atoms with Gasteiger partial charge in [-0.1, -0.05) is 24.1 Å². The zero-order valence-electron chi connectivity index (χ0n) is 16.9. The summed E-state index contributed by atoms with van der Waals surface area (Å²) in [6.45, 7) is 4.50. The third-order valence-corrected chi connectivity index (χ3v) is 5.22. The van der Waals surface area contributed by atoms with E-state index in [9.17, 15) is 4.79 Å². The summed E-state index contributed by atoms with van der Waals surface area (Å²) in [5.74, 6) is 0.543. The second-order valence-electron chi connectivity index (χ2n) is 7.40. The predicted octanol–water partition coefficient (Wildman–Crippen LogP) is 4.17. The van der Waals surface area contributed by atoms with Gasteiger partial charge in [-0.2, -0.15) is 5.10 Å². The van der Waals surface area contributed by atoms with E-state index in [-0.39, 0.29) is 11.9 Å². The van der Waals surface area contributed by atoms with Gasteiger partial charge in [0.05, 0.1) is 24.0 Å². The highest BCUT2D eigenvalue weighted by Crippen LogP contribution is 2.29. The first-order chi connectivity index (χ1) is 14.1. The van der Waals surface area contributed by atoms with E-state index in [1.54, 1.807) is 6.20 Å². The minimum atomic E-state index is -0.0400. The van der Waals surface area contributed by atoms with E-state index in [1.165, 1.54) is 0 Å². The Kier molecular flexibility index (Phi) is 5.60. The molecular formula is C23H26N4O2. The topological polar surface area (TPSA) is 69.0 Å². The third kappa shape index (κ3) is 4.31. The molecule has 2 heterocycles. The molecule has 2 aromatic heterocycles. The molecule has 6 nitrogen and oxygen atoms in total.